The van der Waals surface area contributed by atoms with Gasteiger partial charge in [-0.05, 0) is 60.7 Å². The number of rotatable bonds is 7. The van der Waals surface area contributed by atoms with Crippen LogP contribution in [0.25, 0.3) is 0 Å². The highest BCUT2D eigenvalue weighted by Crippen LogP contribution is 2.37. The van der Waals surface area contributed by atoms with Gasteiger partial charge in [0, 0.05) is 11.5 Å². The van der Waals surface area contributed by atoms with Crippen molar-refractivity contribution in [2.45, 2.75) is 39.2 Å². The number of aliphatic carboxylic acids is 1. The van der Waals surface area contributed by atoms with E-state index in [1.807, 2.05) is 6.07 Å². The normalized spacial score (nSPS) is 20.8. The fraction of sp³-hybridized carbons (Fsp3) is 0.458. The molecular weight excluding hydrogens is 366 g/mol. The Bertz CT molecular complexity index is 908. The molecule has 1 heterocycles. The highest BCUT2D eigenvalue weighted by Gasteiger charge is 2.35. The number of ether oxygens (including phenoxy) is 2. The molecule has 0 radical (unpaired) electrons. The number of nitrogens with zero attached hydrogens (tertiary/aromatic N) is 1. The van der Waals surface area contributed by atoms with E-state index in [2.05, 4.69) is 45.2 Å². The lowest BCUT2D eigenvalue weighted by Gasteiger charge is -2.42. The van der Waals surface area contributed by atoms with Crippen LogP contribution in [0.15, 0.2) is 30.3 Å². The summed E-state index contributed by atoms with van der Waals surface area (Å²) >= 11 is 0. The first-order valence-corrected chi connectivity index (χ1v) is 10.1. The van der Waals surface area contributed by atoms with Crippen LogP contribution in [0.4, 0.5) is 0 Å². The zero-order valence-electron chi connectivity index (χ0n) is 18.1. The summed E-state index contributed by atoms with van der Waals surface area (Å²) in [5.41, 5.74) is 6.54. The number of quaternary nitrogens is 1. The molecule has 2 atom stereocenters. The minimum absolute atomic E-state index is 0.194. The summed E-state index contributed by atoms with van der Waals surface area (Å²) in [6.07, 6.45) is 1.08. The average Bonchev–Trinajstić information content (AvgIpc) is 2.68. The van der Waals surface area contributed by atoms with Gasteiger partial charge in [-0.25, -0.2) is 0 Å². The summed E-state index contributed by atoms with van der Waals surface area (Å²) in [6.45, 7) is 6.76. The predicted molar refractivity (Wildman–Crippen MR) is 114 cm³/mol. The molecule has 1 aliphatic heterocycles. The summed E-state index contributed by atoms with van der Waals surface area (Å²) in [4.78, 5) is 11.2. The van der Waals surface area contributed by atoms with Crippen LogP contribution < -0.4 is 9.47 Å². The Labute approximate surface area is 173 Å². The van der Waals surface area contributed by atoms with Crippen molar-refractivity contribution < 1.29 is 23.9 Å². The summed E-state index contributed by atoms with van der Waals surface area (Å²) < 4.78 is 11.6. The van der Waals surface area contributed by atoms with Crippen LogP contribution in [0.1, 0.15) is 40.2 Å². The molecule has 2 aromatic carbocycles. The summed E-state index contributed by atoms with van der Waals surface area (Å²) in [5, 5.41) is 9.21. The van der Waals surface area contributed by atoms with E-state index in [0.29, 0.717) is 12.5 Å². The number of carboxylic acid groups (broad SMARTS) is 1. The molecule has 0 fully saturated rings. The van der Waals surface area contributed by atoms with Gasteiger partial charge in [0.05, 0.1) is 40.8 Å². The van der Waals surface area contributed by atoms with Gasteiger partial charge in [0.15, 0.2) is 11.5 Å². The average molecular weight is 399 g/mol. The number of fused-ring (bicyclic) bond motifs is 1. The molecule has 0 spiro atoms. The lowest BCUT2D eigenvalue weighted by atomic mass is 9.82. The minimum atomic E-state index is -0.730. The number of carbonyl (C=O) groups is 1. The van der Waals surface area contributed by atoms with Gasteiger partial charge in [-0.2, -0.15) is 0 Å². The van der Waals surface area contributed by atoms with Gasteiger partial charge in [0.2, 0.25) is 0 Å². The number of methoxy groups -OCH3 is 2. The Morgan fingerprint density at radius 2 is 1.79 bits per heavy atom. The SMILES string of the molecule is COc1ccc(C[C@@H]2C[N+](C)(CCC(=O)O)Cc3cc(C)c(C)cc32)cc1OC. The molecule has 2 aromatic rings. The maximum atomic E-state index is 11.2. The molecule has 1 N–H and O–H groups in total. The van der Waals surface area contributed by atoms with Crippen LogP contribution in [0.5, 0.6) is 11.5 Å². The second-order valence-corrected chi connectivity index (χ2v) is 8.55. The van der Waals surface area contributed by atoms with E-state index in [0.717, 1.165) is 35.5 Å². The van der Waals surface area contributed by atoms with Crippen molar-refractivity contribution in [2.75, 3.05) is 34.4 Å². The van der Waals surface area contributed by atoms with Crippen molar-refractivity contribution in [3.8, 4) is 11.5 Å². The third-order valence-electron chi connectivity index (χ3n) is 6.20. The lowest BCUT2D eigenvalue weighted by molar-refractivity contribution is -0.925. The zero-order valence-corrected chi connectivity index (χ0v) is 18.1. The number of carboxylic acids is 1. The second-order valence-electron chi connectivity index (χ2n) is 8.55. The smallest absolute Gasteiger partial charge is 0.309 e. The topological polar surface area (TPSA) is 55.8 Å². The molecule has 0 aliphatic carbocycles. The van der Waals surface area contributed by atoms with Gasteiger partial charge in [-0.3, -0.25) is 4.79 Å². The van der Waals surface area contributed by atoms with Crippen LogP contribution in [0.2, 0.25) is 0 Å². The predicted octanol–water partition coefficient (Wildman–Crippen LogP) is 4.08. The van der Waals surface area contributed by atoms with Crippen molar-refractivity contribution in [1.82, 2.24) is 0 Å². The van der Waals surface area contributed by atoms with E-state index in [1.165, 1.54) is 27.8 Å². The molecule has 5 nitrogen and oxygen atoms in total. The molecule has 0 amide bonds. The van der Waals surface area contributed by atoms with Gasteiger partial charge in [-0.1, -0.05) is 12.1 Å². The van der Waals surface area contributed by atoms with E-state index in [-0.39, 0.29) is 6.42 Å². The van der Waals surface area contributed by atoms with Crippen LogP contribution in [0, 0.1) is 13.8 Å². The fourth-order valence-corrected chi connectivity index (χ4v) is 4.52. The Morgan fingerprint density at radius 3 is 2.45 bits per heavy atom. The number of likely N-dealkylation sites (N-methyl/N-ethyl adjacent to an activating group) is 1. The Kier molecular flexibility index (Phi) is 6.18. The Hall–Kier alpha value is -2.53. The molecule has 0 bridgehead atoms. The molecule has 0 saturated carbocycles. The quantitative estimate of drug-likeness (QED) is 0.714. The second kappa shape index (κ2) is 8.46. The first-order valence-electron chi connectivity index (χ1n) is 10.1. The molecule has 0 aromatic heterocycles. The summed E-state index contributed by atoms with van der Waals surface area (Å²) in [5.74, 6) is 1.07. The van der Waals surface area contributed by atoms with E-state index >= 15 is 0 Å². The van der Waals surface area contributed by atoms with E-state index in [9.17, 15) is 9.90 Å². The summed E-state index contributed by atoms with van der Waals surface area (Å²) in [7, 11) is 5.48. The lowest BCUT2D eigenvalue weighted by Crippen LogP contribution is -2.50. The van der Waals surface area contributed by atoms with Crippen LogP contribution in [-0.2, 0) is 17.8 Å². The van der Waals surface area contributed by atoms with Crippen molar-refractivity contribution in [2.24, 2.45) is 0 Å². The fourth-order valence-electron chi connectivity index (χ4n) is 4.52. The van der Waals surface area contributed by atoms with E-state index in [1.54, 1.807) is 14.2 Å². The maximum absolute atomic E-state index is 11.2. The van der Waals surface area contributed by atoms with Crippen LogP contribution >= 0.6 is 0 Å². The third-order valence-corrected chi connectivity index (χ3v) is 6.20. The van der Waals surface area contributed by atoms with E-state index in [4.69, 9.17) is 9.47 Å². The Balaban J connectivity index is 1.95. The molecule has 29 heavy (non-hydrogen) atoms. The first kappa shape index (κ1) is 21.2. The van der Waals surface area contributed by atoms with Crippen molar-refractivity contribution in [1.29, 1.82) is 0 Å². The van der Waals surface area contributed by atoms with Gasteiger partial charge < -0.3 is 19.1 Å². The summed E-state index contributed by atoms with van der Waals surface area (Å²) in [6, 6.07) is 10.7. The number of hydrogen-bond donors (Lipinski definition) is 1. The van der Waals surface area contributed by atoms with Crippen molar-refractivity contribution >= 4 is 5.97 Å². The molecular formula is C24H32NO4+. The molecule has 1 aliphatic rings. The van der Waals surface area contributed by atoms with Crippen molar-refractivity contribution in [3.05, 3.63) is 58.1 Å². The largest absolute Gasteiger partial charge is 0.493 e. The van der Waals surface area contributed by atoms with Crippen LogP contribution in [-0.4, -0.2) is 49.9 Å². The van der Waals surface area contributed by atoms with Gasteiger partial charge in [0.25, 0.3) is 0 Å². The molecule has 156 valence electrons. The molecule has 0 saturated heterocycles. The van der Waals surface area contributed by atoms with E-state index < -0.39 is 5.97 Å². The number of benzene rings is 2. The first-order chi connectivity index (χ1) is 13.7. The van der Waals surface area contributed by atoms with Crippen molar-refractivity contribution in [3.63, 3.8) is 0 Å². The zero-order chi connectivity index (χ0) is 21.2. The van der Waals surface area contributed by atoms with Crippen LogP contribution in [0.3, 0.4) is 0 Å². The number of hydrogen-bond acceptors (Lipinski definition) is 3. The maximum Gasteiger partial charge on any atom is 0.309 e. The highest BCUT2D eigenvalue weighted by molar-refractivity contribution is 5.66. The monoisotopic (exact) mass is 398 g/mol. The number of aryl methyl sites for hydroxylation is 2. The third kappa shape index (κ3) is 4.73. The molecule has 1 unspecified atom stereocenters. The minimum Gasteiger partial charge on any atom is -0.493 e. The molecule has 3 rings (SSSR count). The van der Waals surface area contributed by atoms with Gasteiger partial charge >= 0.3 is 5.97 Å². The molecule has 5 heteroatoms. The highest BCUT2D eigenvalue weighted by atomic mass is 16.5. The van der Waals surface area contributed by atoms with Gasteiger partial charge in [-0.15, -0.1) is 0 Å². The van der Waals surface area contributed by atoms with Gasteiger partial charge in [0.1, 0.15) is 6.54 Å². The standard InChI is InChI=1S/C24H31NO4/c1-16-10-19-14-25(3,9-8-24(26)27)15-20(21(19)11-17(16)2)12-18-6-7-22(28-4)23(13-18)29-5/h6-7,10-11,13,20H,8-9,12,14-15H2,1-5H3/p+1/t20-,25?/m1/s1. The Morgan fingerprint density at radius 1 is 1.10 bits per heavy atom.